The fraction of sp³-hybridized carbons (Fsp3) is 0.316. The van der Waals surface area contributed by atoms with Crippen LogP contribution in [0.5, 0.6) is 23.0 Å². The van der Waals surface area contributed by atoms with Crippen molar-refractivity contribution >= 4 is 21.9 Å². The lowest BCUT2D eigenvalue weighted by atomic mass is 9.90. The Morgan fingerprint density at radius 1 is 0.867 bits per heavy atom. The molecule has 4 rings (SSSR count). The van der Waals surface area contributed by atoms with Gasteiger partial charge in [-0.2, -0.15) is 0 Å². The zero-order chi connectivity index (χ0) is 21.9. The van der Waals surface area contributed by atoms with Crippen molar-refractivity contribution in [1.82, 2.24) is 0 Å². The molecule has 160 valence electrons. The summed E-state index contributed by atoms with van der Waals surface area (Å²) in [6.45, 7) is -0.733. The van der Waals surface area contributed by atoms with E-state index in [0.29, 0.717) is 0 Å². The summed E-state index contributed by atoms with van der Waals surface area (Å²) in [6, 6.07) is 3.05. The Morgan fingerprint density at radius 3 is 2.20 bits per heavy atom. The molecule has 1 aromatic heterocycles. The van der Waals surface area contributed by atoms with E-state index in [0.717, 1.165) is 18.2 Å². The van der Waals surface area contributed by atoms with E-state index in [1.807, 2.05) is 0 Å². The second-order valence-electron chi connectivity index (χ2n) is 7.02. The van der Waals surface area contributed by atoms with Crippen LogP contribution in [-0.2, 0) is 4.74 Å². The number of aliphatic hydroxyl groups excluding tert-OH is 4. The molecule has 5 unspecified atom stereocenters. The molecule has 3 aromatic rings. The molecule has 0 aliphatic carbocycles. The predicted molar refractivity (Wildman–Crippen MR) is 99.4 cm³/mol. The maximum Gasteiger partial charge on any atom is 0.204 e. The van der Waals surface area contributed by atoms with Crippen LogP contribution >= 0.6 is 0 Å². The highest BCUT2D eigenvalue weighted by Crippen LogP contribution is 2.45. The lowest BCUT2D eigenvalue weighted by Crippen LogP contribution is -2.55. The number of rotatable bonds is 2. The van der Waals surface area contributed by atoms with E-state index in [2.05, 4.69) is 0 Å². The van der Waals surface area contributed by atoms with E-state index < -0.39 is 82.3 Å². The van der Waals surface area contributed by atoms with Gasteiger partial charge in [0.15, 0.2) is 22.7 Å². The second-order valence-corrected chi connectivity index (χ2v) is 7.02. The van der Waals surface area contributed by atoms with Gasteiger partial charge in [0.1, 0.15) is 47.4 Å². The number of phenolic OH excluding ortho intramolecular Hbond substituents is 4. The summed E-state index contributed by atoms with van der Waals surface area (Å²) in [4.78, 5) is 12.8. The third-order valence-corrected chi connectivity index (χ3v) is 5.24. The highest BCUT2D eigenvalue weighted by atomic mass is 16.5. The molecule has 2 heterocycles. The molecule has 0 amide bonds. The smallest absolute Gasteiger partial charge is 0.204 e. The van der Waals surface area contributed by atoms with E-state index in [1.165, 1.54) is 0 Å². The maximum absolute atomic E-state index is 12.8. The number of aliphatic hydroxyl groups is 4. The Bertz CT molecular complexity index is 1200. The average molecular weight is 422 g/mol. The van der Waals surface area contributed by atoms with Crippen molar-refractivity contribution < 1.29 is 50.0 Å². The Morgan fingerprint density at radius 2 is 1.53 bits per heavy atom. The van der Waals surface area contributed by atoms with E-state index in [4.69, 9.17) is 9.15 Å². The van der Waals surface area contributed by atoms with Crippen LogP contribution in [0.4, 0.5) is 0 Å². The molecular weight excluding hydrogens is 404 g/mol. The van der Waals surface area contributed by atoms with Gasteiger partial charge >= 0.3 is 0 Å². The summed E-state index contributed by atoms with van der Waals surface area (Å²) in [5.74, 6) is -2.54. The number of hydrogen-bond donors (Lipinski definition) is 8. The van der Waals surface area contributed by atoms with Crippen molar-refractivity contribution in [2.45, 2.75) is 30.5 Å². The van der Waals surface area contributed by atoms with Gasteiger partial charge in [-0.25, -0.2) is 0 Å². The van der Waals surface area contributed by atoms with Gasteiger partial charge in [-0.15, -0.1) is 0 Å². The molecule has 2 aromatic carbocycles. The summed E-state index contributed by atoms with van der Waals surface area (Å²) >= 11 is 0. The van der Waals surface area contributed by atoms with Gasteiger partial charge in [0, 0.05) is 0 Å². The minimum Gasteiger partial charge on any atom is -0.507 e. The van der Waals surface area contributed by atoms with Crippen LogP contribution in [0.15, 0.2) is 27.4 Å². The fourth-order valence-corrected chi connectivity index (χ4v) is 3.66. The molecule has 1 fully saturated rings. The topological polar surface area (TPSA) is 201 Å². The summed E-state index contributed by atoms with van der Waals surface area (Å²) < 4.78 is 10.8. The number of aromatic hydroxyl groups is 4. The monoisotopic (exact) mass is 422 g/mol. The molecule has 5 atom stereocenters. The molecule has 0 saturated carbocycles. The molecule has 0 spiro atoms. The maximum atomic E-state index is 12.8. The van der Waals surface area contributed by atoms with Crippen molar-refractivity contribution in [2.75, 3.05) is 6.61 Å². The van der Waals surface area contributed by atoms with Gasteiger partial charge in [0.2, 0.25) is 5.43 Å². The summed E-state index contributed by atoms with van der Waals surface area (Å²) in [7, 11) is 0. The van der Waals surface area contributed by atoms with Crippen molar-refractivity contribution in [3.05, 3.63) is 34.0 Å². The molecule has 1 aliphatic rings. The molecule has 11 nitrogen and oxygen atoms in total. The average Bonchev–Trinajstić information content (AvgIpc) is 2.71. The lowest BCUT2D eigenvalue weighted by molar-refractivity contribution is -0.232. The van der Waals surface area contributed by atoms with Crippen LogP contribution in [0.1, 0.15) is 11.7 Å². The predicted octanol–water partition coefficient (Wildman–Crippen LogP) is -0.717. The molecule has 1 saturated heterocycles. The Hall–Kier alpha value is -3.09. The molecule has 30 heavy (non-hydrogen) atoms. The molecule has 0 radical (unpaired) electrons. The fourth-order valence-electron chi connectivity index (χ4n) is 3.66. The molecular formula is C19H18O11. The van der Waals surface area contributed by atoms with Gasteiger partial charge < -0.3 is 50.0 Å². The third kappa shape index (κ3) is 2.75. The van der Waals surface area contributed by atoms with Crippen molar-refractivity contribution in [2.24, 2.45) is 0 Å². The minimum absolute atomic E-state index is 0.341. The molecule has 0 bridgehead atoms. The zero-order valence-corrected chi connectivity index (χ0v) is 15.1. The summed E-state index contributed by atoms with van der Waals surface area (Å²) in [5, 5.41) is 79.9. The third-order valence-electron chi connectivity index (χ3n) is 5.24. The lowest BCUT2D eigenvalue weighted by Gasteiger charge is -2.40. The van der Waals surface area contributed by atoms with Crippen molar-refractivity contribution in [3.63, 3.8) is 0 Å². The van der Waals surface area contributed by atoms with E-state index >= 15 is 0 Å². The van der Waals surface area contributed by atoms with Gasteiger partial charge in [-0.05, 0) is 18.2 Å². The second kappa shape index (κ2) is 7.00. The first-order valence-electron chi connectivity index (χ1n) is 8.84. The van der Waals surface area contributed by atoms with Crippen LogP contribution in [0.3, 0.4) is 0 Å². The first kappa shape index (κ1) is 20.2. The molecule has 11 heteroatoms. The standard InChI is InChI=1S/C19H18O11/c20-4-9-13(25)15(27)16(28)19(29-9)11-8(23)3-5-12(24)10-6(21)1-2-7(22)18(10)30-17(5)14(11)26/h1-3,9,13,15-16,19-23,25-28H,4H2. The van der Waals surface area contributed by atoms with Crippen molar-refractivity contribution in [3.8, 4) is 23.0 Å². The summed E-state index contributed by atoms with van der Waals surface area (Å²) in [5.41, 5.74) is -2.24. The van der Waals surface area contributed by atoms with Crippen LogP contribution < -0.4 is 5.43 Å². The number of ether oxygens (including phenoxy) is 1. The highest BCUT2D eigenvalue weighted by Gasteiger charge is 2.46. The quantitative estimate of drug-likeness (QED) is 0.191. The van der Waals surface area contributed by atoms with Crippen LogP contribution in [0.25, 0.3) is 21.9 Å². The van der Waals surface area contributed by atoms with E-state index in [1.54, 1.807) is 0 Å². The summed E-state index contributed by atoms with van der Waals surface area (Å²) in [6.07, 6.45) is -8.18. The zero-order valence-electron chi connectivity index (χ0n) is 15.1. The Balaban J connectivity index is 2.00. The Kier molecular flexibility index (Phi) is 4.71. The van der Waals surface area contributed by atoms with Crippen molar-refractivity contribution in [1.29, 1.82) is 0 Å². The first-order chi connectivity index (χ1) is 14.2. The van der Waals surface area contributed by atoms with Gasteiger partial charge in [-0.1, -0.05) is 0 Å². The minimum atomic E-state index is -1.82. The van der Waals surface area contributed by atoms with E-state index in [-0.39, 0.29) is 10.8 Å². The molecule has 8 N–H and O–H groups in total. The van der Waals surface area contributed by atoms with E-state index in [9.17, 15) is 45.6 Å². The largest absolute Gasteiger partial charge is 0.507 e. The SMILES string of the molecule is O=c1c2cc(O)c(C3OC(CO)C(O)C(O)C3O)c(O)c2oc2c(O)ccc(O)c12. The van der Waals surface area contributed by atoms with Crippen LogP contribution in [0.2, 0.25) is 0 Å². The first-order valence-corrected chi connectivity index (χ1v) is 8.84. The number of hydrogen-bond acceptors (Lipinski definition) is 11. The van der Waals surface area contributed by atoms with Crippen LogP contribution in [-0.4, -0.2) is 71.9 Å². The number of benzene rings is 2. The highest BCUT2D eigenvalue weighted by molar-refractivity contribution is 5.98. The van der Waals surface area contributed by atoms with Crippen LogP contribution in [0, 0.1) is 0 Å². The molecule has 1 aliphatic heterocycles. The number of fused-ring (bicyclic) bond motifs is 2. The Labute approximate surface area is 166 Å². The van der Waals surface area contributed by atoms with Gasteiger partial charge in [0.25, 0.3) is 0 Å². The normalized spacial score (nSPS) is 27.0. The number of phenols is 4. The van der Waals surface area contributed by atoms with Gasteiger partial charge in [0.05, 0.1) is 17.6 Å². The van der Waals surface area contributed by atoms with Gasteiger partial charge in [-0.3, -0.25) is 4.79 Å².